The van der Waals surface area contributed by atoms with Gasteiger partial charge >= 0.3 is 18.0 Å². The van der Waals surface area contributed by atoms with Gasteiger partial charge in [0.25, 0.3) is 0 Å². The van der Waals surface area contributed by atoms with E-state index in [1.54, 1.807) is 23.5 Å². The second-order valence-electron chi connectivity index (χ2n) is 6.45. The number of rotatable bonds is 11. The Morgan fingerprint density at radius 2 is 1.79 bits per heavy atom. The molecule has 0 spiro atoms. The summed E-state index contributed by atoms with van der Waals surface area (Å²) in [6.45, 7) is 13.5. The van der Waals surface area contributed by atoms with Crippen LogP contribution >= 0.6 is 11.3 Å². The summed E-state index contributed by atoms with van der Waals surface area (Å²) < 4.78 is 22.4. The number of ether oxygens (including phenoxy) is 4. The largest absolute Gasteiger partial charge is 0.460 e. The van der Waals surface area contributed by atoms with Gasteiger partial charge in [0.05, 0.1) is 6.61 Å². The van der Waals surface area contributed by atoms with Crippen molar-refractivity contribution in [1.29, 1.82) is 0 Å². The molecule has 1 aliphatic rings. The van der Waals surface area contributed by atoms with Crippen LogP contribution < -0.4 is 14.2 Å². The van der Waals surface area contributed by atoms with Crippen LogP contribution in [-0.4, -0.2) is 65.5 Å². The molecule has 3 heterocycles. The fourth-order valence-electron chi connectivity index (χ4n) is 2.74. The van der Waals surface area contributed by atoms with Crippen molar-refractivity contribution in [3.63, 3.8) is 0 Å². The average molecular weight is 419 g/mol. The zero-order chi connectivity index (χ0) is 20.5. The Morgan fingerprint density at radius 3 is 2.38 bits per heavy atom. The number of hydrogen-bond donors (Lipinski definition) is 0. The number of aryl methyl sites for hydroxylation is 1. The van der Waals surface area contributed by atoms with Crippen LogP contribution in [0.25, 0.3) is 0 Å². The van der Waals surface area contributed by atoms with E-state index < -0.39 is 0 Å². The molecule has 2 aromatic heterocycles. The summed E-state index contributed by atoms with van der Waals surface area (Å²) in [5, 5.41) is 2.13. The van der Waals surface area contributed by atoms with Gasteiger partial charge in [0.15, 0.2) is 0 Å². The van der Waals surface area contributed by atoms with E-state index in [9.17, 15) is 0 Å². The van der Waals surface area contributed by atoms with Crippen LogP contribution in [0.2, 0.25) is 0 Å². The van der Waals surface area contributed by atoms with Crippen LogP contribution in [0.3, 0.4) is 0 Å². The summed E-state index contributed by atoms with van der Waals surface area (Å²) in [5.74, 6) is 0. The molecule has 0 radical (unpaired) electrons. The molecule has 3 rings (SSSR count). The van der Waals surface area contributed by atoms with Crippen molar-refractivity contribution >= 4 is 11.3 Å². The quantitative estimate of drug-likeness (QED) is 0.516. The van der Waals surface area contributed by atoms with Crippen molar-refractivity contribution in [2.75, 3.05) is 39.5 Å². The Bertz CT molecular complexity index is 783. The molecular formula is C20H26N4O4S. The van der Waals surface area contributed by atoms with Crippen molar-refractivity contribution in [3.8, 4) is 18.0 Å². The number of nitrogens with zero attached hydrogens (tertiary/aromatic N) is 4. The summed E-state index contributed by atoms with van der Waals surface area (Å²) in [4.78, 5) is 16.2. The van der Waals surface area contributed by atoms with Crippen molar-refractivity contribution in [1.82, 2.24) is 19.9 Å². The van der Waals surface area contributed by atoms with Gasteiger partial charge in [-0.25, -0.2) is 0 Å². The standard InChI is InChI=1S/C20H26N4O4S/c1-4-8-26-18-21-19(27-9-5-2)23-20(22-18)28-14-16-12-24(7-10-25-16)13-17-15(3)6-11-29-17/h4-6,11,16H,1-2,7-10,12-14H2,3H3. The molecule has 1 saturated heterocycles. The third kappa shape index (κ3) is 6.52. The Morgan fingerprint density at radius 1 is 1.14 bits per heavy atom. The lowest BCUT2D eigenvalue weighted by atomic mass is 10.2. The molecule has 1 atom stereocenters. The highest BCUT2D eigenvalue weighted by Gasteiger charge is 2.22. The van der Waals surface area contributed by atoms with Gasteiger partial charge in [0, 0.05) is 24.5 Å². The first kappa shape index (κ1) is 21.2. The molecule has 0 N–H and O–H groups in total. The normalized spacial score (nSPS) is 16.9. The SMILES string of the molecule is C=CCOc1nc(OCC=C)nc(OCC2CN(Cc3sccc3C)CCO2)n1. The molecule has 0 aromatic carbocycles. The second kappa shape index (κ2) is 10.9. The van der Waals surface area contributed by atoms with Crippen molar-refractivity contribution in [2.24, 2.45) is 0 Å². The van der Waals surface area contributed by atoms with Crippen LogP contribution in [0.15, 0.2) is 36.8 Å². The van der Waals surface area contributed by atoms with Gasteiger partial charge in [-0.15, -0.1) is 26.3 Å². The Balaban J connectivity index is 1.58. The summed E-state index contributed by atoms with van der Waals surface area (Å²) in [6.07, 6.45) is 3.14. The molecule has 2 aromatic rings. The molecule has 0 saturated carbocycles. The van der Waals surface area contributed by atoms with E-state index in [0.29, 0.717) is 13.2 Å². The van der Waals surface area contributed by atoms with E-state index in [-0.39, 0.29) is 37.3 Å². The first-order chi connectivity index (χ1) is 14.2. The topological polar surface area (TPSA) is 78.8 Å². The van der Waals surface area contributed by atoms with Crippen molar-refractivity contribution in [3.05, 3.63) is 47.2 Å². The highest BCUT2D eigenvalue weighted by Crippen LogP contribution is 2.20. The Kier molecular flexibility index (Phi) is 7.97. The van der Waals surface area contributed by atoms with Gasteiger partial charge in [-0.3, -0.25) is 4.90 Å². The minimum Gasteiger partial charge on any atom is -0.460 e. The predicted molar refractivity (Wildman–Crippen MR) is 111 cm³/mol. The summed E-state index contributed by atoms with van der Waals surface area (Å²) in [7, 11) is 0. The van der Waals surface area contributed by atoms with Crippen LogP contribution in [0.5, 0.6) is 18.0 Å². The predicted octanol–water partition coefficient (Wildman–Crippen LogP) is 2.65. The van der Waals surface area contributed by atoms with E-state index >= 15 is 0 Å². The van der Waals surface area contributed by atoms with E-state index in [4.69, 9.17) is 18.9 Å². The smallest absolute Gasteiger partial charge is 0.326 e. The second-order valence-corrected chi connectivity index (χ2v) is 7.45. The van der Waals surface area contributed by atoms with Crippen LogP contribution in [0.1, 0.15) is 10.4 Å². The molecule has 29 heavy (non-hydrogen) atoms. The summed E-state index contributed by atoms with van der Waals surface area (Å²) in [6, 6.07) is 2.52. The van der Waals surface area contributed by atoms with E-state index in [0.717, 1.165) is 19.6 Å². The maximum Gasteiger partial charge on any atom is 0.326 e. The van der Waals surface area contributed by atoms with E-state index in [2.05, 4.69) is 51.4 Å². The minimum atomic E-state index is -0.0733. The Hall–Kier alpha value is -2.49. The van der Waals surface area contributed by atoms with Crippen LogP contribution in [0, 0.1) is 6.92 Å². The molecule has 0 amide bonds. The highest BCUT2D eigenvalue weighted by atomic mass is 32.1. The van der Waals surface area contributed by atoms with Crippen LogP contribution in [0.4, 0.5) is 0 Å². The van der Waals surface area contributed by atoms with Crippen LogP contribution in [-0.2, 0) is 11.3 Å². The molecule has 1 aliphatic heterocycles. The lowest BCUT2D eigenvalue weighted by molar-refractivity contribution is -0.0516. The highest BCUT2D eigenvalue weighted by molar-refractivity contribution is 7.10. The van der Waals surface area contributed by atoms with Gasteiger partial charge in [-0.05, 0) is 23.9 Å². The van der Waals surface area contributed by atoms with Gasteiger partial charge < -0.3 is 18.9 Å². The lowest BCUT2D eigenvalue weighted by Gasteiger charge is -2.32. The zero-order valence-electron chi connectivity index (χ0n) is 16.6. The van der Waals surface area contributed by atoms with Crippen molar-refractivity contribution < 1.29 is 18.9 Å². The van der Waals surface area contributed by atoms with Gasteiger partial charge in [-0.1, -0.05) is 25.3 Å². The number of morpholine rings is 1. The number of hydrogen-bond acceptors (Lipinski definition) is 9. The fourth-order valence-corrected chi connectivity index (χ4v) is 3.69. The molecule has 0 bridgehead atoms. The monoisotopic (exact) mass is 418 g/mol. The zero-order valence-corrected chi connectivity index (χ0v) is 17.4. The fraction of sp³-hybridized carbons (Fsp3) is 0.450. The maximum absolute atomic E-state index is 5.85. The molecule has 156 valence electrons. The minimum absolute atomic E-state index is 0.0733. The average Bonchev–Trinajstić information content (AvgIpc) is 3.14. The van der Waals surface area contributed by atoms with E-state index in [1.165, 1.54) is 10.4 Å². The number of aromatic nitrogens is 3. The summed E-state index contributed by atoms with van der Waals surface area (Å²) in [5.41, 5.74) is 1.33. The number of thiophene rings is 1. The first-order valence-electron chi connectivity index (χ1n) is 9.41. The third-order valence-corrected chi connectivity index (χ3v) is 5.20. The Labute approximate surface area is 174 Å². The van der Waals surface area contributed by atoms with Gasteiger partial charge in [0.1, 0.15) is 25.9 Å². The van der Waals surface area contributed by atoms with E-state index in [1.807, 2.05) is 0 Å². The molecule has 0 aliphatic carbocycles. The molecule has 8 nitrogen and oxygen atoms in total. The lowest BCUT2D eigenvalue weighted by Crippen LogP contribution is -2.44. The molecule has 1 fully saturated rings. The maximum atomic E-state index is 5.85. The van der Waals surface area contributed by atoms with Gasteiger partial charge in [0.2, 0.25) is 0 Å². The third-order valence-electron chi connectivity index (χ3n) is 4.19. The molecular weight excluding hydrogens is 392 g/mol. The van der Waals surface area contributed by atoms with Crippen molar-refractivity contribution in [2.45, 2.75) is 19.6 Å². The first-order valence-corrected chi connectivity index (χ1v) is 10.3. The van der Waals surface area contributed by atoms with Gasteiger partial charge in [-0.2, -0.15) is 0 Å². The molecule has 9 heteroatoms. The molecule has 1 unspecified atom stereocenters. The summed E-state index contributed by atoms with van der Waals surface area (Å²) >= 11 is 1.79.